The minimum Gasteiger partial charge on any atom is -0.506 e. The van der Waals surface area contributed by atoms with Gasteiger partial charge in [-0.15, -0.1) is 0 Å². The number of aromatic nitrogens is 2. The summed E-state index contributed by atoms with van der Waals surface area (Å²) >= 11 is 0. The minimum absolute atomic E-state index is 0.0139. The second-order valence-electron chi connectivity index (χ2n) is 6.56. The molecular weight excluding hydrogens is 354 g/mol. The molecule has 0 aliphatic heterocycles. The lowest BCUT2D eigenvalue weighted by molar-refractivity contribution is 0.0696. The number of hydrogen-bond acceptors (Lipinski definition) is 5. The summed E-state index contributed by atoms with van der Waals surface area (Å²) in [5, 5.41) is 18.2. The number of nitrogens with two attached hydrogens (primary N) is 1. The maximum absolute atomic E-state index is 10.2. The van der Waals surface area contributed by atoms with Gasteiger partial charge in [0, 0.05) is 23.0 Å². The van der Waals surface area contributed by atoms with Gasteiger partial charge in [0.2, 0.25) is 0 Å². The van der Waals surface area contributed by atoms with Crippen molar-refractivity contribution in [3.63, 3.8) is 0 Å². The van der Waals surface area contributed by atoms with Crippen molar-refractivity contribution in [2.24, 2.45) is 0 Å². The van der Waals surface area contributed by atoms with E-state index >= 15 is 0 Å². The summed E-state index contributed by atoms with van der Waals surface area (Å²) in [6.45, 7) is 4.40. The summed E-state index contributed by atoms with van der Waals surface area (Å²) < 4.78 is 0. The Kier molecular flexibility index (Phi) is 7.75. The highest BCUT2D eigenvalue weighted by Crippen LogP contribution is 2.27. The van der Waals surface area contributed by atoms with E-state index in [1.807, 2.05) is 12.1 Å². The number of benzene rings is 1. The molecule has 0 saturated carbocycles. The Labute approximate surface area is 165 Å². The molecule has 3 aromatic rings. The third-order valence-electron chi connectivity index (χ3n) is 4.36. The van der Waals surface area contributed by atoms with Gasteiger partial charge in [0.25, 0.3) is 0 Å². The van der Waals surface area contributed by atoms with Crippen LogP contribution >= 0.6 is 0 Å². The van der Waals surface area contributed by atoms with Crippen molar-refractivity contribution in [1.29, 1.82) is 0 Å². The number of rotatable bonds is 6. The number of anilines is 1. The molecule has 0 atom stereocenters. The van der Waals surface area contributed by atoms with Gasteiger partial charge >= 0.3 is 5.97 Å². The molecular formula is C22H27N3O3. The molecule has 2 heterocycles. The van der Waals surface area contributed by atoms with Crippen LogP contribution in [0.1, 0.15) is 54.7 Å². The predicted octanol–water partition coefficient (Wildman–Crippen LogP) is 4.60. The number of unbranched alkanes of at least 4 members (excludes halogenated alkanes) is 1. The Hall–Kier alpha value is -3.15. The van der Waals surface area contributed by atoms with Crippen molar-refractivity contribution in [2.45, 2.75) is 46.0 Å². The third kappa shape index (κ3) is 5.42. The molecule has 0 spiro atoms. The molecule has 1 aromatic carbocycles. The SMILES string of the molecule is CCCCc1nc2ccccc2c(N)c1CCC.O=C(O)c1cncc(O)c1. The van der Waals surface area contributed by atoms with Crippen molar-refractivity contribution in [3.05, 3.63) is 59.5 Å². The van der Waals surface area contributed by atoms with E-state index in [0.29, 0.717) is 0 Å². The lowest BCUT2D eigenvalue weighted by Crippen LogP contribution is -2.04. The monoisotopic (exact) mass is 381 g/mol. The number of carboxylic acids is 1. The molecule has 0 bridgehead atoms. The van der Waals surface area contributed by atoms with Crippen LogP contribution in [0.4, 0.5) is 5.69 Å². The van der Waals surface area contributed by atoms with Gasteiger partial charge in [0.15, 0.2) is 0 Å². The van der Waals surface area contributed by atoms with Gasteiger partial charge in [-0.3, -0.25) is 9.97 Å². The van der Waals surface area contributed by atoms with E-state index in [0.717, 1.165) is 41.9 Å². The Morgan fingerprint density at radius 1 is 1.11 bits per heavy atom. The minimum atomic E-state index is -1.09. The highest BCUT2D eigenvalue weighted by molar-refractivity contribution is 5.92. The first-order chi connectivity index (χ1) is 13.5. The van der Waals surface area contributed by atoms with Gasteiger partial charge in [0.05, 0.1) is 17.3 Å². The average Bonchev–Trinajstić information content (AvgIpc) is 2.69. The maximum atomic E-state index is 10.2. The van der Waals surface area contributed by atoms with Gasteiger partial charge in [-0.25, -0.2) is 4.79 Å². The molecule has 6 nitrogen and oxygen atoms in total. The maximum Gasteiger partial charge on any atom is 0.337 e. The van der Waals surface area contributed by atoms with Gasteiger partial charge in [-0.05, 0) is 37.0 Å². The summed E-state index contributed by atoms with van der Waals surface area (Å²) in [5.74, 6) is -1.23. The summed E-state index contributed by atoms with van der Waals surface area (Å²) in [4.78, 5) is 18.5. The molecule has 2 aromatic heterocycles. The lowest BCUT2D eigenvalue weighted by Gasteiger charge is -2.13. The Bertz CT molecular complexity index is 941. The standard InChI is InChI=1S/C16H22N2.C6H5NO3/c1-3-5-10-14-12(8-4-2)16(17)13-9-6-7-11-15(13)18-14;8-5-1-4(6(9)10)2-7-3-5/h6-7,9,11H,3-5,8,10H2,1-2H3,(H2,17,18);1-3,8H,(H,9,10). The van der Waals surface area contributed by atoms with E-state index in [-0.39, 0.29) is 11.3 Å². The van der Waals surface area contributed by atoms with E-state index in [2.05, 4.69) is 31.0 Å². The number of nitrogens with zero attached hydrogens (tertiary/aromatic N) is 2. The van der Waals surface area contributed by atoms with Crippen molar-refractivity contribution in [1.82, 2.24) is 9.97 Å². The number of nitrogen functional groups attached to an aromatic ring is 1. The fourth-order valence-electron chi connectivity index (χ4n) is 2.95. The number of pyridine rings is 2. The molecule has 0 fully saturated rings. The van der Waals surface area contributed by atoms with E-state index in [4.69, 9.17) is 20.9 Å². The highest BCUT2D eigenvalue weighted by atomic mass is 16.4. The number of aryl methyl sites for hydroxylation is 1. The van der Waals surface area contributed by atoms with Gasteiger partial charge in [-0.2, -0.15) is 0 Å². The first-order valence-corrected chi connectivity index (χ1v) is 9.51. The zero-order valence-electron chi connectivity index (χ0n) is 16.4. The number of carbonyl (C=O) groups is 1. The predicted molar refractivity (Wildman–Crippen MR) is 112 cm³/mol. The smallest absolute Gasteiger partial charge is 0.337 e. The number of aromatic carboxylic acids is 1. The van der Waals surface area contributed by atoms with Crippen LogP contribution in [-0.2, 0) is 12.8 Å². The van der Waals surface area contributed by atoms with Crippen LogP contribution in [0.3, 0.4) is 0 Å². The van der Waals surface area contributed by atoms with Crippen LogP contribution in [-0.4, -0.2) is 26.2 Å². The molecule has 0 unspecified atom stereocenters. The van der Waals surface area contributed by atoms with Crippen LogP contribution in [0.5, 0.6) is 5.75 Å². The number of aromatic hydroxyl groups is 1. The quantitative estimate of drug-likeness (QED) is 0.576. The number of hydrogen-bond donors (Lipinski definition) is 3. The second-order valence-corrected chi connectivity index (χ2v) is 6.56. The largest absolute Gasteiger partial charge is 0.506 e. The van der Waals surface area contributed by atoms with E-state index in [1.165, 1.54) is 36.5 Å². The fraction of sp³-hybridized carbons (Fsp3) is 0.318. The first-order valence-electron chi connectivity index (χ1n) is 9.51. The van der Waals surface area contributed by atoms with Crippen LogP contribution in [0.25, 0.3) is 10.9 Å². The Morgan fingerprint density at radius 2 is 1.86 bits per heavy atom. The van der Waals surface area contributed by atoms with Crippen molar-refractivity contribution in [2.75, 3.05) is 5.73 Å². The fourth-order valence-corrected chi connectivity index (χ4v) is 2.95. The van der Waals surface area contributed by atoms with Crippen molar-refractivity contribution < 1.29 is 15.0 Å². The molecule has 28 heavy (non-hydrogen) atoms. The first kappa shape index (κ1) is 21.2. The van der Waals surface area contributed by atoms with E-state index < -0.39 is 5.97 Å². The van der Waals surface area contributed by atoms with E-state index in [1.54, 1.807) is 0 Å². The molecule has 0 saturated heterocycles. The van der Waals surface area contributed by atoms with Crippen LogP contribution < -0.4 is 5.73 Å². The van der Waals surface area contributed by atoms with Gasteiger partial charge in [-0.1, -0.05) is 44.9 Å². The Morgan fingerprint density at radius 3 is 2.46 bits per heavy atom. The van der Waals surface area contributed by atoms with Crippen LogP contribution in [0.15, 0.2) is 42.7 Å². The Balaban J connectivity index is 0.000000237. The normalized spacial score (nSPS) is 10.4. The van der Waals surface area contributed by atoms with E-state index in [9.17, 15) is 4.79 Å². The van der Waals surface area contributed by atoms with Crippen molar-refractivity contribution >= 4 is 22.6 Å². The van der Waals surface area contributed by atoms with Crippen LogP contribution in [0, 0.1) is 0 Å². The molecule has 6 heteroatoms. The number of carboxylic acid groups (broad SMARTS) is 1. The van der Waals surface area contributed by atoms with Gasteiger partial charge in [0.1, 0.15) is 5.75 Å². The average molecular weight is 381 g/mol. The summed E-state index contributed by atoms with van der Waals surface area (Å²) in [7, 11) is 0. The van der Waals surface area contributed by atoms with Gasteiger partial charge < -0.3 is 15.9 Å². The second kappa shape index (κ2) is 10.3. The molecule has 148 valence electrons. The topological polar surface area (TPSA) is 109 Å². The highest BCUT2D eigenvalue weighted by Gasteiger charge is 2.11. The molecule has 0 amide bonds. The lowest BCUT2D eigenvalue weighted by atomic mass is 9.99. The number of fused-ring (bicyclic) bond motifs is 1. The zero-order valence-corrected chi connectivity index (χ0v) is 16.4. The molecule has 3 rings (SSSR count). The summed E-state index contributed by atoms with van der Waals surface area (Å²) in [6.07, 6.45) is 7.91. The molecule has 4 N–H and O–H groups in total. The number of para-hydroxylation sites is 1. The molecule has 0 radical (unpaired) electrons. The third-order valence-corrected chi connectivity index (χ3v) is 4.36. The molecule has 0 aliphatic carbocycles. The summed E-state index contributed by atoms with van der Waals surface area (Å²) in [6, 6.07) is 9.31. The zero-order chi connectivity index (χ0) is 20.5. The summed E-state index contributed by atoms with van der Waals surface area (Å²) in [5.41, 5.74) is 10.8. The van der Waals surface area contributed by atoms with Crippen LogP contribution in [0.2, 0.25) is 0 Å². The molecule has 0 aliphatic rings. The van der Waals surface area contributed by atoms with Crippen molar-refractivity contribution in [3.8, 4) is 5.75 Å².